The summed E-state index contributed by atoms with van der Waals surface area (Å²) in [5.74, 6) is -1.17. The molecule has 0 aromatic carbocycles. The van der Waals surface area contributed by atoms with Gasteiger partial charge in [0.05, 0.1) is 16.7 Å². The van der Waals surface area contributed by atoms with Crippen LogP contribution in [0.3, 0.4) is 0 Å². The van der Waals surface area contributed by atoms with Gasteiger partial charge < -0.3 is 15.3 Å². The molecule has 8 heteroatoms. The zero-order chi connectivity index (χ0) is 16.4. The largest absolute Gasteiger partial charge is 0.481 e. The fourth-order valence-electron chi connectivity index (χ4n) is 1.19. The second kappa shape index (κ2) is 5.99. The maximum atomic E-state index is 12.0. The highest BCUT2D eigenvalue weighted by atomic mass is 32.2. The molecule has 0 bridgehead atoms. The fraction of sp³-hybridized carbons (Fsp3) is 0.833. The van der Waals surface area contributed by atoms with Gasteiger partial charge in [-0.15, -0.1) is 0 Å². The molecule has 0 aliphatic carbocycles. The van der Waals surface area contributed by atoms with Crippen LogP contribution in [0.4, 0.5) is 4.79 Å². The molecule has 2 N–H and O–H groups in total. The van der Waals surface area contributed by atoms with E-state index < -0.39 is 32.8 Å². The van der Waals surface area contributed by atoms with Gasteiger partial charge in [-0.25, -0.2) is 13.2 Å². The average Bonchev–Trinajstić information content (AvgIpc) is 2.23. The summed E-state index contributed by atoms with van der Waals surface area (Å²) in [6.45, 7) is 6.32. The minimum Gasteiger partial charge on any atom is -0.481 e. The summed E-state index contributed by atoms with van der Waals surface area (Å²) in [5.41, 5.74) is -2.16. The number of rotatable bonds is 6. The molecule has 7 nitrogen and oxygen atoms in total. The highest BCUT2D eigenvalue weighted by Gasteiger charge is 2.44. The Morgan fingerprint density at radius 3 is 2.00 bits per heavy atom. The van der Waals surface area contributed by atoms with Crippen molar-refractivity contribution in [2.75, 3.05) is 25.6 Å². The second-order valence-electron chi connectivity index (χ2n) is 6.04. The number of urea groups is 1. The zero-order valence-corrected chi connectivity index (χ0v) is 13.7. The van der Waals surface area contributed by atoms with E-state index in [0.29, 0.717) is 0 Å². The fourth-order valence-corrected chi connectivity index (χ4v) is 1.80. The van der Waals surface area contributed by atoms with Gasteiger partial charge in [0.15, 0.2) is 0 Å². The van der Waals surface area contributed by atoms with Crippen molar-refractivity contribution < 1.29 is 23.1 Å². The summed E-state index contributed by atoms with van der Waals surface area (Å²) < 4.78 is 22.1. The predicted octanol–water partition coefficient (Wildman–Crippen LogP) is 0.562. The molecule has 0 saturated heterocycles. The Labute approximate surface area is 120 Å². The molecule has 118 valence electrons. The first-order valence-electron chi connectivity index (χ1n) is 6.15. The Hall–Kier alpha value is -1.31. The molecule has 0 radical (unpaired) electrons. The number of amides is 2. The van der Waals surface area contributed by atoms with Crippen LogP contribution in [0.25, 0.3) is 0 Å². The van der Waals surface area contributed by atoms with Gasteiger partial charge in [-0.3, -0.25) is 4.79 Å². The standard InChI is InChI=1S/C12H24N2O5S/c1-11(2,9(15)16)12(3,4)13-10(17)14(5)7-8-20(6,18)19/h7-8H2,1-6H3,(H,13,17)(H,15,16). The summed E-state index contributed by atoms with van der Waals surface area (Å²) in [6.07, 6.45) is 1.09. The van der Waals surface area contributed by atoms with E-state index in [9.17, 15) is 23.1 Å². The van der Waals surface area contributed by atoms with Crippen molar-refractivity contribution >= 4 is 21.8 Å². The smallest absolute Gasteiger partial charge is 0.317 e. The Bertz CT molecular complexity index is 482. The van der Waals surface area contributed by atoms with Gasteiger partial charge in [0, 0.05) is 19.8 Å². The van der Waals surface area contributed by atoms with Crippen molar-refractivity contribution in [1.82, 2.24) is 10.2 Å². The Kier molecular flexibility index (Phi) is 5.59. The first-order chi connectivity index (χ1) is 8.71. The highest BCUT2D eigenvalue weighted by Crippen LogP contribution is 2.30. The van der Waals surface area contributed by atoms with Crippen LogP contribution in [0.15, 0.2) is 0 Å². The van der Waals surface area contributed by atoms with Gasteiger partial charge in [0.1, 0.15) is 9.84 Å². The number of hydrogen-bond donors (Lipinski definition) is 2. The lowest BCUT2D eigenvalue weighted by Gasteiger charge is -2.39. The van der Waals surface area contributed by atoms with Crippen LogP contribution >= 0.6 is 0 Å². The van der Waals surface area contributed by atoms with Gasteiger partial charge in [0.25, 0.3) is 0 Å². The normalized spacial score (nSPS) is 12.9. The number of carboxylic acids is 1. The lowest BCUT2D eigenvalue weighted by atomic mass is 9.74. The highest BCUT2D eigenvalue weighted by molar-refractivity contribution is 7.90. The molecule has 2 amide bonds. The number of sulfone groups is 1. The van der Waals surface area contributed by atoms with E-state index in [0.717, 1.165) is 6.26 Å². The number of carboxylic acid groups (broad SMARTS) is 1. The molecule has 0 heterocycles. The number of aliphatic carboxylic acids is 1. The van der Waals surface area contributed by atoms with Crippen molar-refractivity contribution in [2.24, 2.45) is 5.41 Å². The molecule has 20 heavy (non-hydrogen) atoms. The Balaban J connectivity index is 4.79. The molecule has 0 spiro atoms. The molecular weight excluding hydrogens is 284 g/mol. The van der Waals surface area contributed by atoms with Crippen molar-refractivity contribution in [3.05, 3.63) is 0 Å². The molecule has 0 aliphatic heterocycles. The first kappa shape index (κ1) is 18.7. The number of hydrogen-bond acceptors (Lipinski definition) is 4. The third kappa shape index (κ3) is 4.99. The minimum absolute atomic E-state index is 0.0498. The van der Waals surface area contributed by atoms with Crippen LogP contribution in [0.1, 0.15) is 27.7 Å². The van der Waals surface area contributed by atoms with E-state index in [1.807, 2.05) is 0 Å². The van der Waals surface area contributed by atoms with Crippen molar-refractivity contribution in [3.8, 4) is 0 Å². The van der Waals surface area contributed by atoms with Crippen LogP contribution in [-0.4, -0.2) is 61.6 Å². The van der Waals surface area contributed by atoms with Crippen LogP contribution in [-0.2, 0) is 14.6 Å². The van der Waals surface area contributed by atoms with Crippen LogP contribution in [0.5, 0.6) is 0 Å². The molecule has 0 rings (SSSR count). The third-order valence-corrected chi connectivity index (χ3v) is 4.58. The molecule has 0 fully saturated rings. The lowest BCUT2D eigenvalue weighted by Crippen LogP contribution is -2.59. The zero-order valence-electron chi connectivity index (χ0n) is 12.8. The molecule has 0 aromatic rings. The monoisotopic (exact) mass is 308 g/mol. The topological polar surface area (TPSA) is 104 Å². The number of carbonyl (C=O) groups is 2. The van der Waals surface area contributed by atoms with E-state index in [2.05, 4.69) is 5.32 Å². The Morgan fingerprint density at radius 1 is 1.20 bits per heavy atom. The summed E-state index contributed by atoms with van der Waals surface area (Å²) in [4.78, 5) is 24.4. The lowest BCUT2D eigenvalue weighted by molar-refractivity contribution is -0.150. The summed E-state index contributed by atoms with van der Waals surface area (Å²) in [5, 5.41) is 11.8. The maximum absolute atomic E-state index is 12.0. The van der Waals surface area contributed by atoms with Gasteiger partial charge in [-0.2, -0.15) is 0 Å². The number of nitrogens with one attached hydrogen (secondary N) is 1. The van der Waals surface area contributed by atoms with E-state index in [1.54, 1.807) is 13.8 Å². The molecule has 0 unspecified atom stereocenters. The van der Waals surface area contributed by atoms with Gasteiger partial charge in [-0.1, -0.05) is 0 Å². The summed E-state index contributed by atoms with van der Waals surface area (Å²) in [7, 11) is -1.69. The van der Waals surface area contributed by atoms with E-state index >= 15 is 0 Å². The predicted molar refractivity (Wildman–Crippen MR) is 76.4 cm³/mol. The molecular formula is C12H24N2O5S. The SMILES string of the molecule is CN(CCS(C)(=O)=O)C(=O)NC(C)(C)C(C)(C)C(=O)O. The van der Waals surface area contributed by atoms with Crippen molar-refractivity contribution in [2.45, 2.75) is 33.2 Å². The van der Waals surface area contributed by atoms with Crippen molar-refractivity contribution in [1.29, 1.82) is 0 Å². The number of nitrogens with zero attached hydrogens (tertiary/aromatic N) is 1. The maximum Gasteiger partial charge on any atom is 0.317 e. The first-order valence-corrected chi connectivity index (χ1v) is 8.21. The quantitative estimate of drug-likeness (QED) is 0.746. The average molecular weight is 308 g/mol. The molecule has 0 saturated carbocycles. The number of carbonyl (C=O) groups excluding carboxylic acids is 1. The van der Waals surface area contributed by atoms with Crippen LogP contribution < -0.4 is 5.32 Å². The second-order valence-corrected chi connectivity index (χ2v) is 8.30. The molecule has 0 aromatic heterocycles. The van der Waals surface area contributed by atoms with Crippen molar-refractivity contribution in [3.63, 3.8) is 0 Å². The van der Waals surface area contributed by atoms with E-state index in [1.165, 1.54) is 25.8 Å². The third-order valence-electron chi connectivity index (χ3n) is 3.66. The van der Waals surface area contributed by atoms with Crippen LogP contribution in [0.2, 0.25) is 0 Å². The molecule has 0 atom stereocenters. The van der Waals surface area contributed by atoms with E-state index in [4.69, 9.17) is 0 Å². The van der Waals surface area contributed by atoms with E-state index in [-0.39, 0.29) is 12.3 Å². The van der Waals surface area contributed by atoms with Gasteiger partial charge in [0.2, 0.25) is 0 Å². The minimum atomic E-state index is -3.15. The van der Waals surface area contributed by atoms with Gasteiger partial charge in [-0.05, 0) is 27.7 Å². The summed E-state index contributed by atoms with van der Waals surface area (Å²) in [6, 6.07) is -0.507. The Morgan fingerprint density at radius 2 is 1.65 bits per heavy atom. The molecule has 0 aliphatic rings. The summed E-state index contributed by atoms with van der Waals surface area (Å²) >= 11 is 0. The van der Waals surface area contributed by atoms with Gasteiger partial charge >= 0.3 is 12.0 Å². The van der Waals surface area contributed by atoms with Crippen LogP contribution in [0, 0.1) is 5.41 Å².